The number of carboxylic acids is 2. The van der Waals surface area contributed by atoms with Crippen molar-refractivity contribution in [3.05, 3.63) is 35.9 Å². The van der Waals surface area contributed by atoms with Crippen molar-refractivity contribution in [2.45, 2.75) is 24.4 Å². The minimum atomic E-state index is -5.04. The number of aliphatic carboxylic acids is 2. The normalized spacial score (nSPS) is 14.5. The fourth-order valence-electron chi connectivity index (χ4n) is 2.02. The van der Waals surface area contributed by atoms with Crippen LogP contribution >= 0.6 is 7.60 Å². The molecule has 0 aromatic heterocycles. The molecule has 1 aromatic carbocycles. The molecular weight excluding hydrogens is 287 g/mol. The maximum Gasteiger partial charge on any atom is 0.347 e. The summed E-state index contributed by atoms with van der Waals surface area (Å²) in [5.74, 6) is -2.81. The van der Waals surface area contributed by atoms with Crippen LogP contribution in [0.15, 0.2) is 30.3 Å². The van der Waals surface area contributed by atoms with Crippen molar-refractivity contribution < 1.29 is 34.2 Å². The van der Waals surface area contributed by atoms with E-state index in [2.05, 4.69) is 0 Å². The summed E-state index contributed by atoms with van der Waals surface area (Å²) in [4.78, 5) is 41.0. The topological polar surface area (TPSA) is 132 Å². The minimum absolute atomic E-state index is 0.0359. The molecule has 20 heavy (non-hydrogen) atoms. The Morgan fingerprint density at radius 2 is 1.65 bits per heavy atom. The van der Waals surface area contributed by atoms with Crippen molar-refractivity contribution in [1.82, 2.24) is 0 Å². The maximum atomic E-state index is 11.7. The minimum Gasteiger partial charge on any atom is -0.481 e. The van der Waals surface area contributed by atoms with Crippen LogP contribution in [0.5, 0.6) is 0 Å². The fourth-order valence-corrected chi connectivity index (χ4v) is 3.21. The Balaban J connectivity index is 3.27. The molecule has 0 aliphatic carbocycles. The number of hydrogen-bond acceptors (Lipinski definition) is 3. The molecule has 0 aliphatic rings. The molecule has 1 rings (SSSR count). The number of carboxylic acid groups (broad SMARTS) is 2. The Kier molecular flexibility index (Phi) is 5.05. The molecule has 0 saturated heterocycles. The predicted octanol–water partition coefficient (Wildman–Crippen LogP) is 1.40. The lowest BCUT2D eigenvalue weighted by molar-refractivity contribution is -0.142. The van der Waals surface area contributed by atoms with Crippen molar-refractivity contribution in [3.8, 4) is 0 Å². The first kappa shape index (κ1) is 16.4. The van der Waals surface area contributed by atoms with E-state index in [9.17, 15) is 29.0 Å². The van der Waals surface area contributed by atoms with E-state index >= 15 is 0 Å². The summed E-state index contributed by atoms with van der Waals surface area (Å²) < 4.78 is 11.7. The molecule has 0 aliphatic heterocycles. The van der Waals surface area contributed by atoms with Crippen molar-refractivity contribution in [3.63, 3.8) is 0 Å². The summed E-state index contributed by atoms with van der Waals surface area (Å²) in [5.41, 5.74) is -0.0359. The standard InChI is InChI=1S/C12H15O7P/c13-10(14)7-4-8-12(11(15)16,20(17,18)19)9-5-2-1-3-6-9/h1-3,5-6H,4,7-8H2,(H,13,14)(H,15,16)(H2,17,18,19). The van der Waals surface area contributed by atoms with E-state index in [1.165, 1.54) is 24.3 Å². The summed E-state index contributed by atoms with van der Waals surface area (Å²) in [7, 11) is -5.04. The lowest BCUT2D eigenvalue weighted by Crippen LogP contribution is -2.36. The van der Waals surface area contributed by atoms with Crippen LogP contribution in [0.25, 0.3) is 0 Å². The Morgan fingerprint density at radius 1 is 1.10 bits per heavy atom. The van der Waals surface area contributed by atoms with Gasteiger partial charge in [0.1, 0.15) is 0 Å². The van der Waals surface area contributed by atoms with Gasteiger partial charge >= 0.3 is 19.5 Å². The van der Waals surface area contributed by atoms with Crippen LogP contribution in [-0.2, 0) is 19.3 Å². The summed E-state index contributed by atoms with van der Waals surface area (Å²) in [6.07, 6.45) is -0.966. The monoisotopic (exact) mass is 302 g/mol. The molecule has 0 spiro atoms. The van der Waals surface area contributed by atoms with E-state index in [0.29, 0.717) is 0 Å². The van der Waals surface area contributed by atoms with Gasteiger partial charge in [-0.3, -0.25) is 14.2 Å². The molecule has 1 atom stereocenters. The van der Waals surface area contributed by atoms with Crippen molar-refractivity contribution in [1.29, 1.82) is 0 Å². The van der Waals surface area contributed by atoms with E-state index in [1.807, 2.05) is 0 Å². The van der Waals surface area contributed by atoms with Gasteiger partial charge in [-0.2, -0.15) is 0 Å². The van der Waals surface area contributed by atoms with E-state index in [4.69, 9.17) is 5.11 Å². The summed E-state index contributed by atoms with van der Waals surface area (Å²) >= 11 is 0. The highest BCUT2D eigenvalue weighted by atomic mass is 31.2. The Hall–Kier alpha value is -1.69. The molecule has 4 N–H and O–H groups in total. The molecule has 110 valence electrons. The molecular formula is C12H15O7P. The second-order valence-corrected chi connectivity index (χ2v) is 6.17. The third-order valence-corrected chi connectivity index (χ3v) is 4.70. The lowest BCUT2D eigenvalue weighted by atomic mass is 9.92. The molecule has 8 heteroatoms. The van der Waals surface area contributed by atoms with Gasteiger partial charge in [-0.25, -0.2) is 0 Å². The first-order valence-electron chi connectivity index (χ1n) is 5.78. The van der Waals surface area contributed by atoms with Crippen LogP contribution in [0.3, 0.4) is 0 Å². The number of rotatable bonds is 7. The highest BCUT2D eigenvalue weighted by molar-refractivity contribution is 7.54. The van der Waals surface area contributed by atoms with E-state index in [0.717, 1.165) is 0 Å². The zero-order valence-electron chi connectivity index (χ0n) is 10.5. The second kappa shape index (κ2) is 6.17. The quantitative estimate of drug-likeness (QED) is 0.559. The molecule has 1 aromatic rings. The molecule has 0 amide bonds. The number of benzene rings is 1. The highest BCUT2D eigenvalue weighted by Crippen LogP contribution is 2.59. The average molecular weight is 302 g/mol. The molecule has 0 bridgehead atoms. The zero-order valence-corrected chi connectivity index (χ0v) is 11.4. The Bertz CT molecular complexity index is 536. The van der Waals surface area contributed by atoms with Gasteiger partial charge in [0.15, 0.2) is 5.16 Å². The lowest BCUT2D eigenvalue weighted by Gasteiger charge is -2.30. The molecule has 1 unspecified atom stereocenters. The van der Waals surface area contributed by atoms with Crippen LogP contribution in [0, 0.1) is 0 Å². The average Bonchev–Trinajstić information content (AvgIpc) is 2.33. The Morgan fingerprint density at radius 3 is 2.05 bits per heavy atom. The van der Waals surface area contributed by atoms with E-state index < -0.39 is 31.1 Å². The number of hydrogen-bond donors (Lipinski definition) is 4. The van der Waals surface area contributed by atoms with Crippen LogP contribution in [-0.4, -0.2) is 31.9 Å². The van der Waals surface area contributed by atoms with Gasteiger partial charge in [-0.1, -0.05) is 30.3 Å². The van der Waals surface area contributed by atoms with Crippen molar-refractivity contribution in [2.24, 2.45) is 0 Å². The highest BCUT2D eigenvalue weighted by Gasteiger charge is 2.54. The predicted molar refractivity (Wildman–Crippen MR) is 69.3 cm³/mol. The van der Waals surface area contributed by atoms with Crippen molar-refractivity contribution >= 4 is 19.5 Å². The van der Waals surface area contributed by atoms with E-state index in [1.54, 1.807) is 6.07 Å². The first-order chi connectivity index (χ1) is 9.22. The SMILES string of the molecule is O=C(O)CCCC(C(=O)O)(c1ccccc1)P(=O)(O)O. The van der Waals surface area contributed by atoms with Crippen LogP contribution in [0.1, 0.15) is 24.8 Å². The molecule has 0 saturated carbocycles. The van der Waals surface area contributed by atoms with Crippen LogP contribution in [0.4, 0.5) is 0 Å². The van der Waals surface area contributed by atoms with Crippen molar-refractivity contribution in [2.75, 3.05) is 0 Å². The fraction of sp³-hybridized carbons (Fsp3) is 0.333. The second-order valence-electron chi connectivity index (χ2n) is 4.32. The summed E-state index contributed by atoms with van der Waals surface area (Å²) in [5, 5.41) is 15.5. The van der Waals surface area contributed by atoms with Gasteiger partial charge in [0, 0.05) is 6.42 Å². The van der Waals surface area contributed by atoms with Gasteiger partial charge in [0.05, 0.1) is 0 Å². The van der Waals surface area contributed by atoms with E-state index in [-0.39, 0.29) is 18.4 Å². The molecule has 0 heterocycles. The van der Waals surface area contributed by atoms with Gasteiger partial charge in [-0.05, 0) is 18.4 Å². The van der Waals surface area contributed by atoms with Gasteiger partial charge in [0.2, 0.25) is 0 Å². The summed E-state index contributed by atoms with van der Waals surface area (Å²) in [6.45, 7) is 0. The number of carbonyl (C=O) groups is 2. The maximum absolute atomic E-state index is 11.7. The van der Waals surface area contributed by atoms with Crippen LogP contribution < -0.4 is 0 Å². The van der Waals surface area contributed by atoms with Gasteiger partial charge in [0.25, 0.3) is 0 Å². The third-order valence-electron chi connectivity index (χ3n) is 3.03. The smallest absolute Gasteiger partial charge is 0.347 e. The van der Waals surface area contributed by atoms with Gasteiger partial charge < -0.3 is 20.0 Å². The van der Waals surface area contributed by atoms with Gasteiger partial charge in [-0.15, -0.1) is 0 Å². The zero-order chi connectivity index (χ0) is 15.4. The molecule has 0 fully saturated rings. The van der Waals surface area contributed by atoms with Crippen LogP contribution in [0.2, 0.25) is 0 Å². The molecule has 7 nitrogen and oxygen atoms in total. The first-order valence-corrected chi connectivity index (χ1v) is 7.39. The molecule has 0 radical (unpaired) electrons. The largest absolute Gasteiger partial charge is 0.481 e. The Labute approximate surface area is 115 Å². The third kappa shape index (κ3) is 3.25. The summed E-state index contributed by atoms with van der Waals surface area (Å²) in [6, 6.07) is 7.16.